The zero-order valence-corrected chi connectivity index (χ0v) is 12.2. The van der Waals surface area contributed by atoms with Gasteiger partial charge in [0, 0.05) is 17.3 Å². The molecule has 1 heterocycles. The van der Waals surface area contributed by atoms with Gasteiger partial charge in [0.2, 0.25) is 0 Å². The van der Waals surface area contributed by atoms with E-state index in [0.717, 1.165) is 11.1 Å². The highest BCUT2D eigenvalue weighted by Gasteiger charge is 2.11. The van der Waals surface area contributed by atoms with E-state index < -0.39 is 5.82 Å². The molecule has 0 radical (unpaired) electrons. The quantitative estimate of drug-likeness (QED) is 0.652. The molecule has 106 valence electrons. The van der Waals surface area contributed by atoms with Crippen LogP contribution in [0.1, 0.15) is 0 Å². The van der Waals surface area contributed by atoms with E-state index in [2.05, 4.69) is 10.3 Å². The van der Waals surface area contributed by atoms with E-state index in [1.165, 1.54) is 12.1 Å². The fourth-order valence-electron chi connectivity index (χ4n) is 2.10. The third kappa shape index (κ3) is 2.60. The number of aromatic nitrogens is 1. The second kappa shape index (κ2) is 5.39. The van der Waals surface area contributed by atoms with Gasteiger partial charge in [-0.15, -0.1) is 0 Å². The summed E-state index contributed by atoms with van der Waals surface area (Å²) < 4.78 is 13.2. The first-order valence-corrected chi connectivity index (χ1v) is 6.86. The topological polar surface area (TPSA) is 50.9 Å². The third-order valence-corrected chi connectivity index (χ3v) is 3.66. The van der Waals surface area contributed by atoms with Gasteiger partial charge in [-0.25, -0.2) is 4.39 Å². The Morgan fingerprint density at radius 1 is 1.10 bits per heavy atom. The Bertz CT molecular complexity index is 813. The Balaban J connectivity index is 2.13. The van der Waals surface area contributed by atoms with E-state index in [9.17, 15) is 4.39 Å². The van der Waals surface area contributed by atoms with E-state index in [4.69, 9.17) is 28.9 Å². The Kier molecular flexibility index (Phi) is 3.57. The number of rotatable bonds is 2. The SMILES string of the molecule is Nc1ccc(Nc2c(Cl)cc(F)cc2Cl)c2cccnc12. The highest BCUT2D eigenvalue weighted by Crippen LogP contribution is 2.36. The van der Waals surface area contributed by atoms with E-state index in [1.54, 1.807) is 24.4 Å². The molecule has 6 heteroatoms. The van der Waals surface area contributed by atoms with E-state index in [1.807, 2.05) is 6.07 Å². The minimum absolute atomic E-state index is 0.203. The molecule has 3 rings (SSSR count). The van der Waals surface area contributed by atoms with Crippen LogP contribution in [0.3, 0.4) is 0 Å². The molecule has 0 aliphatic carbocycles. The highest BCUT2D eigenvalue weighted by molar-refractivity contribution is 6.39. The van der Waals surface area contributed by atoms with Crippen LogP contribution in [0.5, 0.6) is 0 Å². The van der Waals surface area contributed by atoms with Crippen LogP contribution in [0.15, 0.2) is 42.6 Å². The molecule has 0 saturated carbocycles. The average Bonchev–Trinajstić information content (AvgIpc) is 2.45. The van der Waals surface area contributed by atoms with Crippen molar-refractivity contribution in [2.75, 3.05) is 11.1 Å². The Labute approximate surface area is 130 Å². The number of hydrogen-bond acceptors (Lipinski definition) is 3. The summed E-state index contributed by atoms with van der Waals surface area (Å²) in [5, 5.41) is 4.34. The summed E-state index contributed by atoms with van der Waals surface area (Å²) in [4.78, 5) is 4.25. The van der Waals surface area contributed by atoms with Crippen LogP contribution in [0.4, 0.5) is 21.5 Å². The molecular weight excluding hydrogens is 312 g/mol. The molecule has 0 aliphatic heterocycles. The molecule has 0 saturated heterocycles. The molecule has 0 bridgehead atoms. The molecule has 0 unspecified atom stereocenters. The maximum Gasteiger partial charge on any atom is 0.126 e. The second-order valence-corrected chi connectivity index (χ2v) is 5.29. The number of benzene rings is 2. The first kappa shape index (κ1) is 13.9. The lowest BCUT2D eigenvalue weighted by Crippen LogP contribution is -1.97. The lowest BCUT2D eigenvalue weighted by molar-refractivity contribution is 0.628. The molecule has 3 aromatic rings. The molecule has 2 aromatic carbocycles. The van der Waals surface area contributed by atoms with Crippen LogP contribution in [-0.4, -0.2) is 4.98 Å². The third-order valence-electron chi connectivity index (χ3n) is 3.07. The molecule has 0 fully saturated rings. The second-order valence-electron chi connectivity index (χ2n) is 4.47. The van der Waals surface area contributed by atoms with Crippen molar-refractivity contribution in [1.29, 1.82) is 0 Å². The number of nitrogen functional groups attached to an aromatic ring is 1. The van der Waals surface area contributed by atoms with Crippen molar-refractivity contribution in [3.63, 3.8) is 0 Å². The van der Waals surface area contributed by atoms with Crippen molar-refractivity contribution in [3.8, 4) is 0 Å². The standard InChI is InChI=1S/C15H10Cl2FN3/c16-10-6-8(18)7-11(17)15(10)21-13-4-3-12(19)14-9(13)2-1-5-20-14/h1-7,21H,19H2. The number of pyridine rings is 1. The van der Waals surface area contributed by atoms with Gasteiger partial charge in [-0.1, -0.05) is 23.2 Å². The molecule has 0 atom stereocenters. The molecule has 21 heavy (non-hydrogen) atoms. The Morgan fingerprint density at radius 3 is 2.52 bits per heavy atom. The summed E-state index contributed by atoms with van der Waals surface area (Å²) >= 11 is 12.1. The van der Waals surface area contributed by atoms with Crippen molar-refractivity contribution in [2.45, 2.75) is 0 Å². The van der Waals surface area contributed by atoms with Crippen LogP contribution in [0.2, 0.25) is 10.0 Å². The number of nitrogens with one attached hydrogen (secondary N) is 1. The number of nitrogens with two attached hydrogens (primary N) is 1. The zero-order valence-electron chi connectivity index (χ0n) is 10.7. The van der Waals surface area contributed by atoms with Gasteiger partial charge in [0.15, 0.2) is 0 Å². The summed E-state index contributed by atoms with van der Waals surface area (Å²) in [7, 11) is 0. The van der Waals surface area contributed by atoms with Crippen molar-refractivity contribution in [2.24, 2.45) is 0 Å². The number of nitrogens with zero attached hydrogens (tertiary/aromatic N) is 1. The summed E-state index contributed by atoms with van der Waals surface area (Å²) in [5.41, 5.74) is 8.34. The maximum atomic E-state index is 13.2. The van der Waals surface area contributed by atoms with Crippen LogP contribution < -0.4 is 11.1 Å². The molecule has 3 N–H and O–H groups in total. The van der Waals surface area contributed by atoms with E-state index >= 15 is 0 Å². The highest BCUT2D eigenvalue weighted by atomic mass is 35.5. The monoisotopic (exact) mass is 321 g/mol. The van der Waals surface area contributed by atoms with Gasteiger partial charge in [-0.2, -0.15) is 0 Å². The summed E-state index contributed by atoms with van der Waals surface area (Å²) in [6.45, 7) is 0. The number of hydrogen-bond donors (Lipinski definition) is 2. The molecule has 0 aliphatic rings. The lowest BCUT2D eigenvalue weighted by Gasteiger charge is -2.13. The maximum absolute atomic E-state index is 13.2. The molecule has 3 nitrogen and oxygen atoms in total. The predicted octanol–water partition coefficient (Wildman–Crippen LogP) is 5.01. The minimum atomic E-state index is -0.487. The van der Waals surface area contributed by atoms with Gasteiger partial charge < -0.3 is 11.1 Å². The van der Waals surface area contributed by atoms with E-state index in [-0.39, 0.29) is 10.0 Å². The molecular formula is C15H10Cl2FN3. The summed E-state index contributed by atoms with van der Waals surface area (Å²) in [6, 6.07) is 9.63. The zero-order chi connectivity index (χ0) is 15.0. The lowest BCUT2D eigenvalue weighted by atomic mass is 10.1. The Morgan fingerprint density at radius 2 is 1.81 bits per heavy atom. The van der Waals surface area contributed by atoms with Gasteiger partial charge in [0.05, 0.1) is 26.9 Å². The average molecular weight is 322 g/mol. The number of anilines is 3. The first-order valence-electron chi connectivity index (χ1n) is 6.11. The molecule has 0 amide bonds. The van der Waals surface area contributed by atoms with Gasteiger partial charge in [0.1, 0.15) is 5.82 Å². The largest absolute Gasteiger partial charge is 0.397 e. The van der Waals surface area contributed by atoms with Crippen LogP contribution >= 0.6 is 23.2 Å². The molecule has 0 spiro atoms. The molecule has 1 aromatic heterocycles. The smallest absolute Gasteiger partial charge is 0.126 e. The summed E-state index contributed by atoms with van der Waals surface area (Å²) in [6.07, 6.45) is 1.67. The Hall–Kier alpha value is -2.04. The van der Waals surface area contributed by atoms with Crippen molar-refractivity contribution < 1.29 is 4.39 Å². The number of fused-ring (bicyclic) bond motifs is 1. The van der Waals surface area contributed by atoms with Crippen LogP contribution in [-0.2, 0) is 0 Å². The van der Waals surface area contributed by atoms with Crippen molar-refractivity contribution in [3.05, 3.63) is 58.5 Å². The predicted molar refractivity (Wildman–Crippen MR) is 85.9 cm³/mol. The van der Waals surface area contributed by atoms with Crippen molar-refractivity contribution >= 4 is 51.2 Å². The van der Waals surface area contributed by atoms with Crippen LogP contribution in [0, 0.1) is 5.82 Å². The van der Waals surface area contributed by atoms with Gasteiger partial charge in [0.25, 0.3) is 0 Å². The van der Waals surface area contributed by atoms with Gasteiger partial charge >= 0.3 is 0 Å². The number of halogens is 3. The normalized spacial score (nSPS) is 10.8. The van der Waals surface area contributed by atoms with Gasteiger partial charge in [-0.05, 0) is 36.4 Å². The fourth-order valence-corrected chi connectivity index (χ4v) is 2.65. The van der Waals surface area contributed by atoms with Crippen molar-refractivity contribution in [1.82, 2.24) is 4.98 Å². The first-order chi connectivity index (χ1) is 10.1. The van der Waals surface area contributed by atoms with Crippen LogP contribution in [0.25, 0.3) is 10.9 Å². The fraction of sp³-hybridized carbons (Fsp3) is 0. The minimum Gasteiger partial charge on any atom is -0.397 e. The van der Waals surface area contributed by atoms with Gasteiger partial charge in [-0.3, -0.25) is 4.98 Å². The summed E-state index contributed by atoms with van der Waals surface area (Å²) in [5.74, 6) is -0.487. The van der Waals surface area contributed by atoms with E-state index in [0.29, 0.717) is 16.9 Å².